The normalized spacial score (nSPS) is 10.8. The summed E-state index contributed by atoms with van der Waals surface area (Å²) in [5.74, 6) is 0. The predicted molar refractivity (Wildman–Crippen MR) is 85.7 cm³/mol. The summed E-state index contributed by atoms with van der Waals surface area (Å²) in [7, 11) is 0. The van der Waals surface area contributed by atoms with Crippen molar-refractivity contribution in [2.24, 2.45) is 0 Å². The monoisotopic (exact) mass is 406 g/mol. The van der Waals surface area contributed by atoms with Crippen LogP contribution in [0.25, 0.3) is 0 Å². The fourth-order valence-corrected chi connectivity index (χ4v) is 6.18. The van der Waals surface area contributed by atoms with E-state index in [2.05, 4.69) is 20.2 Å². The number of rotatable bonds is 6. The van der Waals surface area contributed by atoms with Crippen LogP contribution in [0, 0.1) is 20.2 Å². The van der Waals surface area contributed by atoms with Gasteiger partial charge >= 0.3 is 10.0 Å². The second-order valence-electron chi connectivity index (χ2n) is 3.48. The quantitative estimate of drug-likeness (QED) is 0.441. The molecule has 0 atom stereocenters. The maximum absolute atomic E-state index is 10.6. The second-order valence-corrected chi connectivity index (χ2v) is 9.47. The Hall–Kier alpha value is -1.68. The SMILES string of the molecule is O=[N+]([O-])c1cnc(Sc2nnc(Sc3ncc([N+](=O)[O-])s3)s2)s1. The molecule has 0 amide bonds. The van der Waals surface area contributed by atoms with Crippen molar-refractivity contribution in [3.63, 3.8) is 0 Å². The highest BCUT2D eigenvalue weighted by Gasteiger charge is 2.17. The molecular weight excluding hydrogens is 404 g/mol. The summed E-state index contributed by atoms with van der Waals surface area (Å²) in [5, 5.41) is 29.0. The van der Waals surface area contributed by atoms with Crippen LogP contribution in [0.5, 0.6) is 0 Å². The average molecular weight is 406 g/mol. The minimum absolute atomic E-state index is 0.0401. The molecule has 0 aliphatic rings. The van der Waals surface area contributed by atoms with Crippen molar-refractivity contribution in [2.45, 2.75) is 17.4 Å². The van der Waals surface area contributed by atoms with Crippen LogP contribution in [0.15, 0.2) is 29.8 Å². The van der Waals surface area contributed by atoms with Crippen LogP contribution < -0.4 is 0 Å². The van der Waals surface area contributed by atoms with E-state index in [9.17, 15) is 20.2 Å². The van der Waals surface area contributed by atoms with E-state index >= 15 is 0 Å². The van der Waals surface area contributed by atoms with E-state index in [4.69, 9.17) is 0 Å². The molecular formula is C8H2N6O4S5. The summed E-state index contributed by atoms with van der Waals surface area (Å²) < 4.78 is 2.13. The van der Waals surface area contributed by atoms with E-state index in [1.807, 2.05) is 0 Å². The van der Waals surface area contributed by atoms with Gasteiger partial charge in [-0.15, -0.1) is 10.2 Å². The lowest BCUT2D eigenvalue weighted by atomic mass is 10.9. The zero-order valence-corrected chi connectivity index (χ0v) is 14.6. The van der Waals surface area contributed by atoms with Gasteiger partial charge in [-0.1, -0.05) is 11.3 Å². The van der Waals surface area contributed by atoms with Gasteiger partial charge in [-0.3, -0.25) is 20.2 Å². The van der Waals surface area contributed by atoms with Gasteiger partial charge in [0.15, 0.2) is 17.4 Å². The molecule has 23 heavy (non-hydrogen) atoms. The number of hydrogen-bond acceptors (Lipinski definition) is 13. The van der Waals surface area contributed by atoms with E-state index in [0.29, 0.717) is 17.4 Å². The molecule has 0 aliphatic carbocycles. The highest BCUT2D eigenvalue weighted by Crippen LogP contribution is 2.40. The summed E-state index contributed by atoms with van der Waals surface area (Å²) in [6, 6.07) is 0. The second kappa shape index (κ2) is 6.83. The molecule has 0 fully saturated rings. The molecule has 0 N–H and O–H groups in total. The smallest absolute Gasteiger partial charge is 0.257 e. The zero-order chi connectivity index (χ0) is 16.4. The maximum Gasteiger partial charge on any atom is 0.344 e. The molecule has 0 bridgehead atoms. The van der Waals surface area contributed by atoms with Crippen LogP contribution in [0.4, 0.5) is 10.0 Å². The number of nitrogens with zero attached hydrogens (tertiary/aromatic N) is 6. The first-order valence-corrected chi connectivity index (χ1v) is 9.49. The Kier molecular flexibility index (Phi) is 4.81. The average Bonchev–Trinajstić information content (AvgIpc) is 3.21. The van der Waals surface area contributed by atoms with Crippen molar-refractivity contribution in [3.8, 4) is 0 Å². The van der Waals surface area contributed by atoms with Gasteiger partial charge in [-0.2, -0.15) is 0 Å². The molecule has 0 saturated heterocycles. The summed E-state index contributed by atoms with van der Waals surface area (Å²) in [6.45, 7) is 0. The van der Waals surface area contributed by atoms with Crippen molar-refractivity contribution >= 4 is 67.5 Å². The maximum atomic E-state index is 10.6. The van der Waals surface area contributed by atoms with E-state index in [1.165, 1.54) is 47.3 Å². The molecule has 3 rings (SSSR count). The largest absolute Gasteiger partial charge is 0.344 e. The highest BCUT2D eigenvalue weighted by molar-refractivity contribution is 8.04. The molecule has 0 spiro atoms. The molecule has 0 radical (unpaired) electrons. The molecule has 10 nitrogen and oxygen atoms in total. The minimum atomic E-state index is -0.502. The molecule has 0 aromatic carbocycles. The first-order valence-electron chi connectivity index (χ1n) is 5.41. The van der Waals surface area contributed by atoms with Gasteiger partial charge in [-0.05, 0) is 46.2 Å². The van der Waals surface area contributed by atoms with Crippen LogP contribution in [0.3, 0.4) is 0 Å². The fourth-order valence-electron chi connectivity index (χ4n) is 1.19. The van der Waals surface area contributed by atoms with Crippen molar-refractivity contribution in [2.75, 3.05) is 0 Å². The van der Waals surface area contributed by atoms with Crippen molar-refractivity contribution in [3.05, 3.63) is 32.6 Å². The van der Waals surface area contributed by atoms with Gasteiger partial charge in [0.05, 0.1) is 9.85 Å². The Morgan fingerprint density at radius 2 is 1.22 bits per heavy atom. The van der Waals surface area contributed by atoms with Crippen molar-refractivity contribution in [1.29, 1.82) is 0 Å². The zero-order valence-electron chi connectivity index (χ0n) is 10.5. The summed E-state index contributed by atoms with van der Waals surface area (Å²) in [4.78, 5) is 28.1. The molecule has 3 aromatic rings. The summed E-state index contributed by atoms with van der Waals surface area (Å²) in [6.07, 6.45) is 2.39. The Labute approximate surface area is 147 Å². The van der Waals surface area contributed by atoms with Crippen LogP contribution >= 0.6 is 57.5 Å². The van der Waals surface area contributed by atoms with Gasteiger partial charge in [0, 0.05) is 0 Å². The Morgan fingerprint density at radius 3 is 1.57 bits per heavy atom. The molecule has 3 aromatic heterocycles. The van der Waals surface area contributed by atoms with Crippen LogP contribution in [0.2, 0.25) is 0 Å². The van der Waals surface area contributed by atoms with Crippen LogP contribution in [-0.4, -0.2) is 30.0 Å². The van der Waals surface area contributed by atoms with Gasteiger partial charge in [0.1, 0.15) is 12.4 Å². The lowest BCUT2D eigenvalue weighted by molar-refractivity contribution is -0.380. The third kappa shape index (κ3) is 3.99. The van der Waals surface area contributed by atoms with Gasteiger partial charge in [-0.25, -0.2) is 9.97 Å². The third-order valence-electron chi connectivity index (χ3n) is 2.04. The molecule has 118 valence electrons. The molecule has 3 heterocycles. The highest BCUT2D eigenvalue weighted by atomic mass is 32.2. The topological polar surface area (TPSA) is 138 Å². The number of aromatic nitrogens is 4. The molecule has 0 aliphatic heterocycles. The summed E-state index contributed by atoms with van der Waals surface area (Å²) in [5.41, 5.74) is 0. The number of nitro groups is 2. The third-order valence-corrected chi connectivity index (χ3v) is 7.11. The Bertz CT molecular complexity index is 805. The van der Waals surface area contributed by atoms with Gasteiger partial charge < -0.3 is 0 Å². The Morgan fingerprint density at radius 1 is 0.783 bits per heavy atom. The first kappa shape index (κ1) is 16.2. The fraction of sp³-hybridized carbons (Fsp3) is 0. The molecule has 0 saturated carbocycles. The lowest BCUT2D eigenvalue weighted by Crippen LogP contribution is -1.80. The molecule has 0 unspecified atom stereocenters. The Balaban J connectivity index is 1.67. The minimum Gasteiger partial charge on any atom is -0.257 e. The van der Waals surface area contributed by atoms with Gasteiger partial charge in [0.2, 0.25) is 0 Å². The predicted octanol–water partition coefficient (Wildman–Crippen LogP) is 3.57. The standard InChI is InChI=1S/C8H2N6O4S5/c15-13(16)3-1-9-5(19-3)21-7-11-12-8(23-7)22-6-10-2-4(20-6)14(17)18/h1-2H. The van der Waals surface area contributed by atoms with Crippen molar-refractivity contribution < 1.29 is 9.85 Å². The summed E-state index contributed by atoms with van der Waals surface area (Å²) >= 11 is 5.52. The van der Waals surface area contributed by atoms with Gasteiger partial charge in [0.25, 0.3) is 0 Å². The number of thiazole rings is 2. The number of hydrogen-bond donors (Lipinski definition) is 0. The van der Waals surface area contributed by atoms with E-state index < -0.39 is 9.85 Å². The van der Waals surface area contributed by atoms with Crippen molar-refractivity contribution in [1.82, 2.24) is 20.2 Å². The van der Waals surface area contributed by atoms with Crippen LogP contribution in [0.1, 0.15) is 0 Å². The van der Waals surface area contributed by atoms with Crippen LogP contribution in [-0.2, 0) is 0 Å². The molecule has 15 heteroatoms. The lowest BCUT2D eigenvalue weighted by Gasteiger charge is -1.87. The van der Waals surface area contributed by atoms with E-state index in [-0.39, 0.29) is 10.0 Å². The van der Waals surface area contributed by atoms with E-state index in [0.717, 1.165) is 22.7 Å². The van der Waals surface area contributed by atoms with E-state index in [1.54, 1.807) is 0 Å². The first-order chi connectivity index (χ1) is 11.0.